The number of aromatic nitrogens is 1. The van der Waals surface area contributed by atoms with Crippen molar-refractivity contribution in [1.82, 2.24) is 4.98 Å². The van der Waals surface area contributed by atoms with E-state index in [0.717, 1.165) is 0 Å². The van der Waals surface area contributed by atoms with Crippen molar-refractivity contribution in [2.75, 3.05) is 64.4 Å². The Bertz CT molecular complexity index is 703. The van der Waals surface area contributed by atoms with Crippen molar-refractivity contribution in [2.45, 2.75) is 19.4 Å². The maximum atomic E-state index is 12.1. The molecule has 1 aromatic heterocycles. The maximum absolute atomic E-state index is 12.1. The second-order valence-electron chi connectivity index (χ2n) is 6.44. The summed E-state index contributed by atoms with van der Waals surface area (Å²) in [5, 5.41) is 14.0. The number of aliphatic imine (C=N–C) groups is 1. The minimum atomic E-state index is -0.953. The topological polar surface area (TPSA) is 112 Å². The highest BCUT2D eigenvalue weighted by Crippen LogP contribution is 2.34. The molecule has 10 heteroatoms. The molecule has 0 radical (unpaired) electrons. The number of rotatable bonds is 13. The van der Waals surface area contributed by atoms with Crippen molar-refractivity contribution in [2.24, 2.45) is 4.99 Å². The molecule has 2 rings (SSSR count). The van der Waals surface area contributed by atoms with E-state index in [-0.39, 0.29) is 11.7 Å². The van der Waals surface area contributed by atoms with Crippen LogP contribution < -0.4 is 5.32 Å². The first-order valence-electron chi connectivity index (χ1n) is 9.47. The van der Waals surface area contributed by atoms with Crippen LogP contribution in [0.3, 0.4) is 0 Å². The van der Waals surface area contributed by atoms with Crippen LogP contribution in [0.25, 0.3) is 0 Å². The van der Waals surface area contributed by atoms with Gasteiger partial charge in [-0.05, 0) is 13.8 Å². The van der Waals surface area contributed by atoms with Crippen molar-refractivity contribution < 1.29 is 28.8 Å². The van der Waals surface area contributed by atoms with Gasteiger partial charge in [0.25, 0.3) is 0 Å². The number of methoxy groups -OCH3 is 1. The molecule has 0 spiro atoms. The Morgan fingerprint density at radius 3 is 2.69 bits per heavy atom. The fourth-order valence-electron chi connectivity index (χ4n) is 2.46. The summed E-state index contributed by atoms with van der Waals surface area (Å²) >= 11 is 1.38. The van der Waals surface area contributed by atoms with Crippen LogP contribution in [0.4, 0.5) is 5.69 Å². The first-order valence-corrected chi connectivity index (χ1v) is 10.5. The van der Waals surface area contributed by atoms with Crippen LogP contribution >= 0.6 is 11.8 Å². The number of hydrogen-bond acceptors (Lipinski definition) is 10. The number of pyridine rings is 1. The summed E-state index contributed by atoms with van der Waals surface area (Å²) in [6.07, 6.45) is 1.62. The Morgan fingerprint density at radius 1 is 1.28 bits per heavy atom. The third-order valence-corrected chi connectivity index (χ3v) is 5.27. The van der Waals surface area contributed by atoms with Crippen LogP contribution in [-0.4, -0.2) is 85.7 Å². The van der Waals surface area contributed by atoms with Gasteiger partial charge in [-0.25, -0.2) is 9.78 Å². The van der Waals surface area contributed by atoms with Gasteiger partial charge in [0.1, 0.15) is 16.5 Å². The SMILES string of the molecule is CCOC(=O)C1(C)CSC(c2ncc(NCCOCCOCCOC)cc2O)=N1. The highest BCUT2D eigenvalue weighted by atomic mass is 32.2. The average molecular weight is 428 g/mol. The molecule has 1 aliphatic heterocycles. The zero-order valence-electron chi connectivity index (χ0n) is 17.1. The van der Waals surface area contributed by atoms with Crippen molar-refractivity contribution in [1.29, 1.82) is 0 Å². The number of esters is 1. The number of nitrogens with zero attached hydrogens (tertiary/aromatic N) is 2. The van der Waals surface area contributed by atoms with Gasteiger partial charge in [0, 0.05) is 25.5 Å². The largest absolute Gasteiger partial charge is 0.506 e. The van der Waals surface area contributed by atoms with Gasteiger partial charge >= 0.3 is 5.97 Å². The molecule has 162 valence electrons. The number of hydrogen-bond donors (Lipinski definition) is 2. The van der Waals surface area contributed by atoms with E-state index in [0.29, 0.717) is 68.4 Å². The molecule has 29 heavy (non-hydrogen) atoms. The lowest BCUT2D eigenvalue weighted by Gasteiger charge is -2.16. The molecule has 2 heterocycles. The molecule has 0 amide bonds. The molecule has 0 saturated heterocycles. The smallest absolute Gasteiger partial charge is 0.334 e. The first kappa shape index (κ1) is 23.4. The monoisotopic (exact) mass is 427 g/mol. The normalized spacial score (nSPS) is 18.5. The third kappa shape index (κ3) is 7.14. The predicted molar refractivity (Wildman–Crippen MR) is 112 cm³/mol. The Hall–Kier alpha value is -1.88. The van der Waals surface area contributed by atoms with Crippen molar-refractivity contribution in [3.63, 3.8) is 0 Å². The van der Waals surface area contributed by atoms with Gasteiger partial charge in [0.05, 0.1) is 51.5 Å². The minimum Gasteiger partial charge on any atom is -0.506 e. The standard InChI is InChI=1S/C19H29N3O6S/c1-4-28-18(24)19(2)13-29-17(22-19)16-15(23)11-14(12-21-16)20-5-6-26-9-10-27-8-7-25-3/h11-12,20,23H,4-10,13H2,1-3H3. The predicted octanol–water partition coefficient (Wildman–Crippen LogP) is 1.69. The van der Waals surface area contributed by atoms with Crippen LogP contribution in [0.1, 0.15) is 19.5 Å². The highest BCUT2D eigenvalue weighted by molar-refractivity contribution is 8.14. The lowest BCUT2D eigenvalue weighted by molar-refractivity contribution is -0.147. The first-order chi connectivity index (χ1) is 14.0. The minimum absolute atomic E-state index is 0.00169. The molecular weight excluding hydrogens is 398 g/mol. The summed E-state index contributed by atoms with van der Waals surface area (Å²) in [5.41, 5.74) is 0.0760. The highest BCUT2D eigenvalue weighted by Gasteiger charge is 2.40. The van der Waals surface area contributed by atoms with E-state index >= 15 is 0 Å². The summed E-state index contributed by atoms with van der Waals surface area (Å²) in [6.45, 7) is 6.99. The van der Waals surface area contributed by atoms with E-state index in [4.69, 9.17) is 18.9 Å². The van der Waals surface area contributed by atoms with Gasteiger partial charge in [0.15, 0.2) is 5.54 Å². The second-order valence-corrected chi connectivity index (χ2v) is 7.40. The Morgan fingerprint density at radius 2 is 2.00 bits per heavy atom. The molecule has 1 aliphatic rings. The summed E-state index contributed by atoms with van der Waals surface area (Å²) in [5.74, 6) is 0.0839. The number of carbonyl (C=O) groups excluding carboxylic acids is 1. The molecule has 1 unspecified atom stereocenters. The summed E-state index contributed by atoms with van der Waals surface area (Å²) in [4.78, 5) is 20.8. The number of nitrogens with one attached hydrogen (secondary N) is 1. The van der Waals surface area contributed by atoms with Gasteiger partial charge in [-0.1, -0.05) is 0 Å². The molecule has 1 atom stereocenters. The molecule has 0 fully saturated rings. The lowest BCUT2D eigenvalue weighted by Crippen LogP contribution is -2.35. The molecule has 0 bridgehead atoms. The van der Waals surface area contributed by atoms with E-state index < -0.39 is 5.54 Å². The summed E-state index contributed by atoms with van der Waals surface area (Å²) in [7, 11) is 1.63. The van der Waals surface area contributed by atoms with Crippen molar-refractivity contribution in [3.05, 3.63) is 18.0 Å². The van der Waals surface area contributed by atoms with Crippen LogP contribution in [0.5, 0.6) is 5.75 Å². The van der Waals surface area contributed by atoms with Crippen LogP contribution in [0.15, 0.2) is 17.3 Å². The van der Waals surface area contributed by atoms with Gasteiger partial charge < -0.3 is 29.4 Å². The Kier molecular flexibility index (Phi) is 9.65. The van der Waals surface area contributed by atoms with Gasteiger partial charge in [-0.15, -0.1) is 11.8 Å². The number of ether oxygens (including phenoxy) is 4. The zero-order valence-corrected chi connectivity index (χ0v) is 17.9. The molecular formula is C19H29N3O6S. The number of aromatic hydroxyl groups is 1. The second kappa shape index (κ2) is 12.0. The van der Waals surface area contributed by atoms with E-state index in [9.17, 15) is 9.90 Å². The van der Waals surface area contributed by atoms with E-state index in [2.05, 4.69) is 15.3 Å². The number of anilines is 1. The molecule has 1 aromatic rings. The van der Waals surface area contributed by atoms with E-state index in [1.807, 2.05) is 0 Å². The molecule has 0 aromatic carbocycles. The fraction of sp³-hybridized carbons (Fsp3) is 0.632. The summed E-state index contributed by atoms with van der Waals surface area (Å²) < 4.78 is 20.7. The number of thioether (sulfide) groups is 1. The quantitative estimate of drug-likeness (QED) is 0.359. The summed E-state index contributed by atoms with van der Waals surface area (Å²) in [6, 6.07) is 1.58. The van der Waals surface area contributed by atoms with Crippen molar-refractivity contribution in [3.8, 4) is 5.75 Å². The van der Waals surface area contributed by atoms with E-state index in [1.54, 1.807) is 33.2 Å². The van der Waals surface area contributed by atoms with Crippen LogP contribution in [-0.2, 0) is 23.7 Å². The molecule has 9 nitrogen and oxygen atoms in total. The molecule has 2 N–H and O–H groups in total. The Balaban J connectivity index is 1.79. The van der Waals surface area contributed by atoms with E-state index in [1.165, 1.54) is 11.8 Å². The zero-order chi connectivity index (χ0) is 21.1. The Labute approximate surface area is 175 Å². The lowest BCUT2D eigenvalue weighted by atomic mass is 10.1. The van der Waals surface area contributed by atoms with Crippen LogP contribution in [0, 0.1) is 0 Å². The third-order valence-electron chi connectivity index (χ3n) is 4.00. The van der Waals surface area contributed by atoms with Crippen molar-refractivity contribution >= 4 is 28.5 Å². The maximum Gasteiger partial charge on any atom is 0.334 e. The average Bonchev–Trinajstić information content (AvgIpc) is 3.10. The van der Waals surface area contributed by atoms with Crippen LogP contribution in [0.2, 0.25) is 0 Å². The molecule has 0 saturated carbocycles. The fourth-order valence-corrected chi connectivity index (χ4v) is 3.62. The molecule has 0 aliphatic carbocycles. The van der Waals surface area contributed by atoms with Gasteiger partial charge in [0.2, 0.25) is 0 Å². The number of carbonyl (C=O) groups is 1. The van der Waals surface area contributed by atoms with Gasteiger partial charge in [-0.3, -0.25) is 4.99 Å². The van der Waals surface area contributed by atoms with Gasteiger partial charge in [-0.2, -0.15) is 0 Å².